The van der Waals surface area contributed by atoms with Gasteiger partial charge < -0.3 is 17.2 Å². The van der Waals surface area contributed by atoms with Gasteiger partial charge in [-0.1, -0.05) is 58.3 Å². The molecule has 1 atom stereocenters. The van der Waals surface area contributed by atoms with E-state index in [1.807, 2.05) is 0 Å². The summed E-state index contributed by atoms with van der Waals surface area (Å²) >= 11 is 0. The number of carbonyl (C=O) groups is 1. The molecule has 0 spiro atoms. The number of nitrogens with zero attached hydrogens (tertiary/aromatic N) is 1. The Balaban J connectivity index is 0. The quantitative estimate of drug-likeness (QED) is 0.276. The summed E-state index contributed by atoms with van der Waals surface area (Å²) in [6, 6.07) is 0. The highest BCUT2D eigenvalue weighted by atomic mass is 35.5. The van der Waals surface area contributed by atoms with Crippen LogP contribution < -0.4 is 17.2 Å². The molecule has 1 unspecified atom stereocenters. The van der Waals surface area contributed by atoms with Gasteiger partial charge in [-0.2, -0.15) is 0 Å². The third kappa shape index (κ3) is 15.2. The molecule has 0 rings (SSSR count). The van der Waals surface area contributed by atoms with Gasteiger partial charge in [0.05, 0.1) is 0 Å². The lowest BCUT2D eigenvalue weighted by Crippen LogP contribution is -2.26. The van der Waals surface area contributed by atoms with E-state index in [0.29, 0.717) is 13.0 Å². The predicted molar refractivity (Wildman–Crippen MR) is 92.5 cm³/mol. The molecule has 0 fully saturated rings. The third-order valence-electron chi connectivity index (χ3n) is 3.58. The van der Waals surface area contributed by atoms with Gasteiger partial charge in [-0.3, -0.25) is 9.79 Å². The highest BCUT2D eigenvalue weighted by Crippen LogP contribution is 2.15. The van der Waals surface area contributed by atoms with E-state index in [1.165, 1.54) is 44.9 Å². The number of rotatable bonds is 13. The zero-order valence-electron chi connectivity index (χ0n) is 13.4. The first-order valence-corrected chi connectivity index (χ1v) is 7.92. The van der Waals surface area contributed by atoms with Crippen molar-refractivity contribution in [1.29, 1.82) is 0 Å². The van der Waals surface area contributed by atoms with Gasteiger partial charge in [-0.15, -0.1) is 12.4 Å². The maximum Gasteiger partial charge on any atom is 0.220 e. The molecular formula is C15H33ClN4O. The molecule has 6 N–H and O–H groups in total. The number of hydrogen-bond donors (Lipinski definition) is 3. The molecule has 0 aliphatic carbocycles. The second kappa shape index (κ2) is 15.4. The van der Waals surface area contributed by atoms with Crippen LogP contribution in [0.25, 0.3) is 0 Å². The van der Waals surface area contributed by atoms with Crippen LogP contribution >= 0.6 is 12.4 Å². The Hall–Kier alpha value is -0.970. The van der Waals surface area contributed by atoms with Crippen molar-refractivity contribution in [2.24, 2.45) is 28.1 Å². The molecule has 0 bridgehead atoms. The van der Waals surface area contributed by atoms with Crippen LogP contribution in [0.1, 0.15) is 71.1 Å². The number of carbonyl (C=O) groups excluding carboxylic acids is 1. The number of halogens is 1. The Kier molecular flexibility index (Phi) is 16.4. The zero-order chi connectivity index (χ0) is 15.2. The molecule has 0 aliphatic heterocycles. The van der Waals surface area contributed by atoms with E-state index in [2.05, 4.69) is 11.9 Å². The van der Waals surface area contributed by atoms with Crippen LogP contribution in [-0.4, -0.2) is 18.4 Å². The maximum atomic E-state index is 11.3. The lowest BCUT2D eigenvalue weighted by Gasteiger charge is -2.11. The lowest BCUT2D eigenvalue weighted by atomic mass is 9.96. The summed E-state index contributed by atoms with van der Waals surface area (Å²) in [7, 11) is 0. The van der Waals surface area contributed by atoms with Crippen molar-refractivity contribution >= 4 is 24.3 Å². The minimum Gasteiger partial charge on any atom is -0.370 e. The zero-order valence-corrected chi connectivity index (χ0v) is 14.2. The van der Waals surface area contributed by atoms with Crippen LogP contribution in [0.4, 0.5) is 0 Å². The standard InChI is InChI=1S/C15H32N4O.ClH/c1-2-3-4-5-6-7-8-9-10-13(14(16)20)11-12-19-15(17)18;/h13H,2-12H2,1H3,(H2,16,20)(H4,17,18,19);1H. The fraction of sp³-hybridized carbons (Fsp3) is 0.867. The molecule has 1 amide bonds. The molecule has 6 heteroatoms. The number of hydrogen-bond acceptors (Lipinski definition) is 2. The number of aliphatic imine (C=N–C) groups is 1. The summed E-state index contributed by atoms with van der Waals surface area (Å²) in [5, 5.41) is 0. The Morgan fingerprint density at radius 3 is 1.90 bits per heavy atom. The van der Waals surface area contributed by atoms with Gasteiger partial charge in [0.2, 0.25) is 5.91 Å². The van der Waals surface area contributed by atoms with Crippen LogP contribution in [-0.2, 0) is 4.79 Å². The third-order valence-corrected chi connectivity index (χ3v) is 3.58. The summed E-state index contributed by atoms with van der Waals surface area (Å²) in [5.74, 6) is -0.266. The topological polar surface area (TPSA) is 107 Å². The number of guanidine groups is 1. The molecule has 0 aromatic carbocycles. The Labute approximate surface area is 135 Å². The monoisotopic (exact) mass is 320 g/mol. The first-order chi connectivity index (χ1) is 9.57. The average molecular weight is 321 g/mol. The van der Waals surface area contributed by atoms with Crippen LogP contribution in [0, 0.1) is 5.92 Å². The lowest BCUT2D eigenvalue weighted by molar-refractivity contribution is -0.122. The molecule has 0 saturated heterocycles. The molecular weight excluding hydrogens is 288 g/mol. The van der Waals surface area contributed by atoms with E-state index >= 15 is 0 Å². The first kappa shape index (κ1) is 22.3. The van der Waals surface area contributed by atoms with E-state index in [-0.39, 0.29) is 30.2 Å². The number of amides is 1. The highest BCUT2D eigenvalue weighted by molar-refractivity contribution is 5.85. The van der Waals surface area contributed by atoms with Gasteiger partial charge in [0.1, 0.15) is 0 Å². The Morgan fingerprint density at radius 1 is 0.905 bits per heavy atom. The second-order valence-corrected chi connectivity index (χ2v) is 5.46. The summed E-state index contributed by atoms with van der Waals surface area (Å²) in [4.78, 5) is 15.2. The summed E-state index contributed by atoms with van der Waals surface area (Å²) in [5.41, 5.74) is 15.9. The Morgan fingerprint density at radius 2 is 1.43 bits per heavy atom. The van der Waals surface area contributed by atoms with Crippen molar-refractivity contribution in [1.82, 2.24) is 0 Å². The average Bonchev–Trinajstić information content (AvgIpc) is 2.39. The van der Waals surface area contributed by atoms with Crippen LogP contribution in [0.2, 0.25) is 0 Å². The molecule has 5 nitrogen and oxygen atoms in total. The number of primary amides is 1. The largest absolute Gasteiger partial charge is 0.370 e. The van der Waals surface area contributed by atoms with Crippen molar-refractivity contribution in [3.63, 3.8) is 0 Å². The van der Waals surface area contributed by atoms with Crippen LogP contribution in [0.5, 0.6) is 0 Å². The normalized spacial score (nSPS) is 11.5. The fourth-order valence-electron chi connectivity index (χ4n) is 2.30. The van der Waals surface area contributed by atoms with Crippen LogP contribution in [0.15, 0.2) is 4.99 Å². The van der Waals surface area contributed by atoms with Crippen molar-refractivity contribution in [3.05, 3.63) is 0 Å². The van der Waals surface area contributed by atoms with Crippen molar-refractivity contribution in [2.75, 3.05) is 6.54 Å². The highest BCUT2D eigenvalue weighted by Gasteiger charge is 2.14. The van der Waals surface area contributed by atoms with Gasteiger partial charge in [-0.05, 0) is 12.8 Å². The number of unbranched alkanes of at least 4 members (excludes halogenated alkanes) is 7. The van der Waals surface area contributed by atoms with Gasteiger partial charge in [0, 0.05) is 12.5 Å². The molecule has 126 valence electrons. The van der Waals surface area contributed by atoms with Gasteiger partial charge >= 0.3 is 0 Å². The molecule has 21 heavy (non-hydrogen) atoms. The summed E-state index contributed by atoms with van der Waals surface area (Å²) in [6.45, 7) is 2.71. The SMILES string of the molecule is CCCCCCCCCCC(CCN=C(N)N)C(N)=O.Cl. The van der Waals surface area contributed by atoms with E-state index in [9.17, 15) is 4.79 Å². The van der Waals surface area contributed by atoms with Gasteiger partial charge in [-0.25, -0.2) is 0 Å². The van der Waals surface area contributed by atoms with Crippen molar-refractivity contribution in [3.8, 4) is 0 Å². The smallest absolute Gasteiger partial charge is 0.220 e. The summed E-state index contributed by atoms with van der Waals surface area (Å²) < 4.78 is 0. The first-order valence-electron chi connectivity index (χ1n) is 7.92. The molecule has 0 radical (unpaired) electrons. The number of nitrogens with two attached hydrogens (primary N) is 3. The van der Waals surface area contributed by atoms with Crippen LogP contribution in [0.3, 0.4) is 0 Å². The molecule has 0 heterocycles. The van der Waals surface area contributed by atoms with Gasteiger partial charge in [0.25, 0.3) is 0 Å². The van der Waals surface area contributed by atoms with Crippen molar-refractivity contribution in [2.45, 2.75) is 71.1 Å². The molecule has 0 aliphatic rings. The minimum atomic E-state index is -0.237. The maximum absolute atomic E-state index is 11.3. The van der Waals surface area contributed by atoms with E-state index in [0.717, 1.165) is 12.8 Å². The minimum absolute atomic E-state index is 0. The molecule has 0 saturated carbocycles. The molecule has 0 aromatic rings. The van der Waals surface area contributed by atoms with E-state index in [1.54, 1.807) is 0 Å². The Bertz CT molecular complexity index is 281. The second-order valence-electron chi connectivity index (χ2n) is 5.46. The predicted octanol–water partition coefficient (Wildman–Crippen LogP) is 2.70. The van der Waals surface area contributed by atoms with E-state index in [4.69, 9.17) is 17.2 Å². The van der Waals surface area contributed by atoms with Gasteiger partial charge in [0.15, 0.2) is 5.96 Å². The molecule has 0 aromatic heterocycles. The fourth-order valence-corrected chi connectivity index (χ4v) is 2.30. The van der Waals surface area contributed by atoms with Crippen molar-refractivity contribution < 1.29 is 4.79 Å². The summed E-state index contributed by atoms with van der Waals surface area (Å²) in [6.07, 6.45) is 11.6. The van der Waals surface area contributed by atoms with E-state index < -0.39 is 0 Å².